The molecule has 0 fully saturated rings. The van der Waals surface area contributed by atoms with Gasteiger partial charge in [-0.1, -0.05) is 18.2 Å². The number of methoxy groups -OCH3 is 2. The Kier molecular flexibility index (Phi) is 5.09. The summed E-state index contributed by atoms with van der Waals surface area (Å²) in [4.78, 5) is 11.9. The first-order chi connectivity index (χ1) is 10.2. The average molecular weight is 287 g/mol. The monoisotopic (exact) mass is 287 g/mol. The van der Waals surface area contributed by atoms with Crippen LogP contribution in [0, 0.1) is 0 Å². The van der Waals surface area contributed by atoms with E-state index in [1.54, 1.807) is 19.2 Å². The van der Waals surface area contributed by atoms with Crippen LogP contribution >= 0.6 is 0 Å². The van der Waals surface area contributed by atoms with Gasteiger partial charge in [-0.05, 0) is 24.1 Å². The van der Waals surface area contributed by atoms with Crippen molar-refractivity contribution in [2.75, 3.05) is 20.8 Å². The third-order valence-electron chi connectivity index (χ3n) is 2.95. The van der Waals surface area contributed by atoms with Crippen molar-refractivity contribution in [3.8, 4) is 11.6 Å². The zero-order chi connectivity index (χ0) is 15.1. The number of aromatic nitrogens is 2. The van der Waals surface area contributed by atoms with Crippen LogP contribution in [-0.2, 0) is 6.42 Å². The zero-order valence-electron chi connectivity index (χ0n) is 12.0. The lowest BCUT2D eigenvalue weighted by atomic mass is 10.1. The van der Waals surface area contributed by atoms with Crippen LogP contribution < -0.4 is 14.8 Å². The highest BCUT2D eigenvalue weighted by molar-refractivity contribution is 5.92. The summed E-state index contributed by atoms with van der Waals surface area (Å²) in [6.45, 7) is 0.493. The topological polar surface area (TPSA) is 73.3 Å². The first kappa shape index (κ1) is 14.8. The molecule has 0 bridgehead atoms. The van der Waals surface area contributed by atoms with Gasteiger partial charge in [0.15, 0.2) is 5.69 Å². The van der Waals surface area contributed by atoms with E-state index in [0.29, 0.717) is 18.8 Å². The van der Waals surface area contributed by atoms with E-state index in [1.165, 1.54) is 7.11 Å². The van der Waals surface area contributed by atoms with Gasteiger partial charge in [-0.2, -0.15) is 0 Å². The molecule has 6 heteroatoms. The van der Waals surface area contributed by atoms with Gasteiger partial charge < -0.3 is 14.8 Å². The number of nitrogens with one attached hydrogen (secondary N) is 1. The number of hydrogen-bond donors (Lipinski definition) is 1. The van der Waals surface area contributed by atoms with Crippen LogP contribution in [0.1, 0.15) is 16.1 Å². The highest BCUT2D eigenvalue weighted by Gasteiger charge is 2.08. The molecule has 1 N–H and O–H groups in total. The standard InChI is InChI=1S/C15H17N3O3/c1-20-13-6-4-3-5-11(13)9-10-16-15(19)12-7-8-14(21-2)18-17-12/h3-8H,9-10H2,1-2H3,(H,16,19). The van der Waals surface area contributed by atoms with Crippen LogP contribution in [0.25, 0.3) is 0 Å². The van der Waals surface area contributed by atoms with Crippen LogP contribution in [0.4, 0.5) is 0 Å². The van der Waals surface area contributed by atoms with E-state index in [4.69, 9.17) is 9.47 Å². The van der Waals surface area contributed by atoms with Gasteiger partial charge in [0.25, 0.3) is 5.91 Å². The maximum Gasteiger partial charge on any atom is 0.271 e. The summed E-state index contributed by atoms with van der Waals surface area (Å²) in [5, 5.41) is 10.4. The quantitative estimate of drug-likeness (QED) is 0.871. The van der Waals surface area contributed by atoms with Crippen LogP contribution in [0.15, 0.2) is 36.4 Å². The van der Waals surface area contributed by atoms with E-state index in [9.17, 15) is 4.79 Å². The van der Waals surface area contributed by atoms with Gasteiger partial charge in [0.1, 0.15) is 5.75 Å². The van der Waals surface area contributed by atoms with Crippen molar-refractivity contribution in [1.29, 1.82) is 0 Å². The second-order valence-corrected chi connectivity index (χ2v) is 4.28. The molecule has 2 rings (SSSR count). The van der Waals surface area contributed by atoms with Gasteiger partial charge in [-0.3, -0.25) is 4.79 Å². The van der Waals surface area contributed by atoms with Crippen molar-refractivity contribution in [3.63, 3.8) is 0 Å². The number of ether oxygens (including phenoxy) is 2. The normalized spacial score (nSPS) is 10.0. The average Bonchev–Trinajstić information content (AvgIpc) is 2.55. The van der Waals surface area contributed by atoms with Crippen molar-refractivity contribution >= 4 is 5.91 Å². The Hall–Kier alpha value is -2.63. The molecule has 0 spiro atoms. The molecular weight excluding hydrogens is 270 g/mol. The molecule has 1 heterocycles. The third kappa shape index (κ3) is 3.92. The second-order valence-electron chi connectivity index (χ2n) is 4.28. The molecule has 0 aliphatic rings. The Bertz CT molecular complexity index is 599. The molecule has 2 aromatic rings. The highest BCUT2D eigenvalue weighted by atomic mass is 16.5. The van der Waals surface area contributed by atoms with E-state index >= 15 is 0 Å². The minimum Gasteiger partial charge on any atom is -0.496 e. The number of carbonyl (C=O) groups is 1. The van der Waals surface area contributed by atoms with Crippen LogP contribution in [0.5, 0.6) is 11.6 Å². The molecule has 0 radical (unpaired) electrons. The lowest BCUT2D eigenvalue weighted by Crippen LogP contribution is -2.26. The molecular formula is C15H17N3O3. The number of carbonyl (C=O) groups excluding carboxylic acids is 1. The van der Waals surface area contributed by atoms with Crippen LogP contribution in [0.3, 0.4) is 0 Å². The molecule has 1 amide bonds. The maximum absolute atomic E-state index is 11.9. The van der Waals surface area contributed by atoms with E-state index in [1.807, 2.05) is 24.3 Å². The molecule has 21 heavy (non-hydrogen) atoms. The summed E-state index contributed by atoms with van der Waals surface area (Å²) in [6, 6.07) is 10.9. The first-order valence-corrected chi connectivity index (χ1v) is 6.52. The van der Waals surface area contributed by atoms with Gasteiger partial charge >= 0.3 is 0 Å². The van der Waals surface area contributed by atoms with Crippen molar-refractivity contribution < 1.29 is 14.3 Å². The fourth-order valence-corrected chi connectivity index (χ4v) is 1.86. The van der Waals surface area contributed by atoms with E-state index in [2.05, 4.69) is 15.5 Å². The van der Waals surface area contributed by atoms with E-state index in [0.717, 1.165) is 11.3 Å². The van der Waals surface area contributed by atoms with E-state index in [-0.39, 0.29) is 11.6 Å². The predicted molar refractivity (Wildman–Crippen MR) is 77.6 cm³/mol. The van der Waals surface area contributed by atoms with Crippen molar-refractivity contribution in [2.45, 2.75) is 6.42 Å². The Balaban J connectivity index is 1.89. The van der Waals surface area contributed by atoms with Gasteiger partial charge in [-0.25, -0.2) is 0 Å². The molecule has 0 unspecified atom stereocenters. The number of hydrogen-bond acceptors (Lipinski definition) is 5. The van der Waals surface area contributed by atoms with Gasteiger partial charge in [0.2, 0.25) is 5.88 Å². The minimum atomic E-state index is -0.264. The fourth-order valence-electron chi connectivity index (χ4n) is 1.86. The van der Waals surface area contributed by atoms with Crippen LogP contribution in [-0.4, -0.2) is 36.9 Å². The molecule has 0 atom stereocenters. The number of rotatable bonds is 6. The fraction of sp³-hybridized carbons (Fsp3) is 0.267. The van der Waals surface area contributed by atoms with Gasteiger partial charge in [0, 0.05) is 12.6 Å². The molecule has 0 saturated carbocycles. The Morgan fingerprint density at radius 3 is 2.57 bits per heavy atom. The highest BCUT2D eigenvalue weighted by Crippen LogP contribution is 2.17. The van der Waals surface area contributed by atoms with Crippen molar-refractivity contribution in [1.82, 2.24) is 15.5 Å². The molecule has 0 aliphatic carbocycles. The number of para-hydroxylation sites is 1. The lowest BCUT2D eigenvalue weighted by molar-refractivity contribution is 0.0948. The molecule has 110 valence electrons. The summed E-state index contributed by atoms with van der Waals surface area (Å²) in [6.07, 6.45) is 0.680. The third-order valence-corrected chi connectivity index (χ3v) is 2.95. The molecule has 1 aromatic carbocycles. The Morgan fingerprint density at radius 2 is 1.90 bits per heavy atom. The van der Waals surface area contributed by atoms with E-state index < -0.39 is 0 Å². The predicted octanol–water partition coefficient (Wildman–Crippen LogP) is 1.47. The van der Waals surface area contributed by atoms with Gasteiger partial charge in [0.05, 0.1) is 14.2 Å². The zero-order valence-corrected chi connectivity index (χ0v) is 12.0. The summed E-state index contributed by atoms with van der Waals surface area (Å²) in [7, 11) is 3.13. The lowest BCUT2D eigenvalue weighted by Gasteiger charge is -2.08. The molecule has 6 nitrogen and oxygen atoms in total. The van der Waals surface area contributed by atoms with Crippen molar-refractivity contribution in [2.24, 2.45) is 0 Å². The smallest absolute Gasteiger partial charge is 0.271 e. The summed E-state index contributed by atoms with van der Waals surface area (Å²) < 4.78 is 10.2. The molecule has 0 saturated heterocycles. The Morgan fingerprint density at radius 1 is 1.10 bits per heavy atom. The number of benzene rings is 1. The number of amides is 1. The maximum atomic E-state index is 11.9. The molecule has 1 aromatic heterocycles. The SMILES string of the molecule is COc1ccc(C(=O)NCCc2ccccc2OC)nn1. The summed E-state index contributed by atoms with van der Waals surface area (Å²) in [5.74, 6) is 0.927. The molecule has 0 aliphatic heterocycles. The first-order valence-electron chi connectivity index (χ1n) is 6.52. The van der Waals surface area contributed by atoms with Crippen molar-refractivity contribution in [3.05, 3.63) is 47.7 Å². The largest absolute Gasteiger partial charge is 0.496 e. The number of nitrogens with zero attached hydrogens (tertiary/aromatic N) is 2. The summed E-state index contributed by atoms with van der Waals surface area (Å²) in [5.41, 5.74) is 1.30. The van der Waals surface area contributed by atoms with Crippen LogP contribution in [0.2, 0.25) is 0 Å². The Labute approximate surface area is 123 Å². The minimum absolute atomic E-state index is 0.260. The second kappa shape index (κ2) is 7.23. The van der Waals surface area contributed by atoms with Gasteiger partial charge in [-0.15, -0.1) is 10.2 Å². The summed E-state index contributed by atoms with van der Waals surface area (Å²) >= 11 is 0.